The number of thioether (sulfide) groups is 1. The van der Waals surface area contributed by atoms with Gasteiger partial charge in [-0.25, -0.2) is 4.79 Å². The Labute approximate surface area is 165 Å². The number of hydrogen-bond donors (Lipinski definition) is 2. The van der Waals surface area contributed by atoms with Crippen molar-refractivity contribution in [2.75, 3.05) is 6.26 Å². The number of aliphatic carboxylic acids is 1. The van der Waals surface area contributed by atoms with E-state index < -0.39 is 11.6 Å². The van der Waals surface area contributed by atoms with Crippen molar-refractivity contribution >= 4 is 23.4 Å². The maximum Gasteiger partial charge on any atom is 0.347 e. The molecule has 0 atom stereocenters. The van der Waals surface area contributed by atoms with Crippen LogP contribution in [0.25, 0.3) is 0 Å². The molecular weight excluding hydrogens is 358 g/mol. The molecule has 0 unspecified atom stereocenters. The highest BCUT2D eigenvalue weighted by molar-refractivity contribution is 7.98. The molecule has 2 aromatic rings. The van der Waals surface area contributed by atoms with Crippen LogP contribution in [0.3, 0.4) is 0 Å². The number of benzene rings is 2. The van der Waals surface area contributed by atoms with E-state index in [9.17, 15) is 9.90 Å². The molecule has 5 heteroatoms. The van der Waals surface area contributed by atoms with Gasteiger partial charge in [-0.05, 0) is 81.2 Å². The van der Waals surface area contributed by atoms with Gasteiger partial charge in [-0.3, -0.25) is 0 Å². The number of ether oxygens (including phenoxy) is 1. The van der Waals surface area contributed by atoms with Gasteiger partial charge < -0.3 is 15.3 Å². The number of hydrogen-bond acceptors (Lipinski definition) is 4. The van der Waals surface area contributed by atoms with Crippen molar-refractivity contribution < 1.29 is 14.6 Å². The van der Waals surface area contributed by atoms with Gasteiger partial charge in [0.15, 0.2) is 5.60 Å². The molecule has 0 saturated heterocycles. The van der Waals surface area contributed by atoms with Crippen LogP contribution in [0.2, 0.25) is 0 Å². The molecule has 0 aliphatic heterocycles. The van der Waals surface area contributed by atoms with E-state index in [1.807, 2.05) is 56.5 Å². The maximum absolute atomic E-state index is 11.3. The van der Waals surface area contributed by atoms with Crippen molar-refractivity contribution in [3.8, 4) is 5.75 Å². The van der Waals surface area contributed by atoms with Gasteiger partial charge in [0.1, 0.15) is 5.75 Å². The number of aryl methyl sites for hydroxylation is 3. The van der Waals surface area contributed by atoms with E-state index in [-0.39, 0.29) is 0 Å². The summed E-state index contributed by atoms with van der Waals surface area (Å²) in [5.41, 5.74) is 3.23. The second-order valence-electron chi connectivity index (χ2n) is 7.18. The molecule has 0 bridgehead atoms. The van der Waals surface area contributed by atoms with E-state index in [0.29, 0.717) is 17.9 Å². The van der Waals surface area contributed by atoms with Crippen LogP contribution in [0, 0.1) is 19.3 Å². The Balaban J connectivity index is 2.09. The van der Waals surface area contributed by atoms with E-state index >= 15 is 0 Å². The fraction of sp³-hybridized carbons (Fsp3) is 0.364. The van der Waals surface area contributed by atoms with Crippen LogP contribution in [-0.4, -0.2) is 28.6 Å². The van der Waals surface area contributed by atoms with Gasteiger partial charge in [0, 0.05) is 10.6 Å². The molecular formula is C22H27NO3S. The monoisotopic (exact) mass is 385 g/mol. The third-order valence-corrected chi connectivity index (χ3v) is 5.24. The van der Waals surface area contributed by atoms with E-state index in [1.54, 1.807) is 25.6 Å². The zero-order valence-electron chi connectivity index (χ0n) is 16.6. The normalized spacial score (nSPS) is 11.3. The first-order valence-corrected chi connectivity index (χ1v) is 10.1. The number of carboxylic acid groups (broad SMARTS) is 1. The highest BCUT2D eigenvalue weighted by Crippen LogP contribution is 2.29. The first kappa shape index (κ1) is 21.0. The molecule has 144 valence electrons. The van der Waals surface area contributed by atoms with Gasteiger partial charge in [0.05, 0.1) is 0 Å². The lowest BCUT2D eigenvalue weighted by molar-refractivity contribution is -0.152. The third kappa shape index (κ3) is 5.36. The molecule has 0 aliphatic carbocycles. The van der Waals surface area contributed by atoms with E-state index in [1.165, 1.54) is 4.90 Å². The average Bonchev–Trinajstić information content (AvgIpc) is 2.62. The average molecular weight is 386 g/mol. The summed E-state index contributed by atoms with van der Waals surface area (Å²) >= 11 is 1.69. The Morgan fingerprint density at radius 2 is 1.70 bits per heavy atom. The molecule has 2 aromatic carbocycles. The van der Waals surface area contributed by atoms with Crippen molar-refractivity contribution in [2.45, 2.75) is 51.0 Å². The molecule has 0 aromatic heterocycles. The van der Waals surface area contributed by atoms with Crippen LogP contribution in [-0.2, 0) is 11.2 Å². The first-order valence-electron chi connectivity index (χ1n) is 8.88. The molecule has 0 aliphatic rings. The minimum atomic E-state index is -1.28. The lowest BCUT2D eigenvalue weighted by Crippen LogP contribution is -2.38. The van der Waals surface area contributed by atoms with Gasteiger partial charge in [0.2, 0.25) is 0 Å². The fourth-order valence-corrected chi connectivity index (χ4v) is 3.26. The Kier molecular flexibility index (Phi) is 6.71. The predicted molar refractivity (Wildman–Crippen MR) is 112 cm³/mol. The lowest BCUT2D eigenvalue weighted by atomic mass is 9.98. The van der Waals surface area contributed by atoms with Crippen LogP contribution < -0.4 is 4.74 Å². The SMILES string of the molecule is CSc1ccc(C(=N)CCc2cc(C)c(OC(C)(C)C(=O)O)c(C)c2)cc1. The molecule has 0 radical (unpaired) electrons. The summed E-state index contributed by atoms with van der Waals surface area (Å²) in [6.07, 6.45) is 3.45. The zero-order valence-corrected chi connectivity index (χ0v) is 17.4. The van der Waals surface area contributed by atoms with Gasteiger partial charge in [0.25, 0.3) is 0 Å². The number of rotatable bonds is 8. The summed E-state index contributed by atoms with van der Waals surface area (Å²) in [6.45, 7) is 6.95. The molecule has 4 nitrogen and oxygen atoms in total. The van der Waals surface area contributed by atoms with Crippen LogP contribution in [0.4, 0.5) is 0 Å². The van der Waals surface area contributed by atoms with Gasteiger partial charge >= 0.3 is 5.97 Å². The first-order chi connectivity index (χ1) is 12.6. The maximum atomic E-state index is 11.3. The number of nitrogens with one attached hydrogen (secondary N) is 1. The van der Waals surface area contributed by atoms with Gasteiger partial charge in [-0.2, -0.15) is 0 Å². The zero-order chi connectivity index (χ0) is 20.2. The topological polar surface area (TPSA) is 70.4 Å². The molecule has 0 fully saturated rings. The quantitative estimate of drug-likeness (QED) is 0.480. The van der Waals surface area contributed by atoms with Gasteiger partial charge in [-0.1, -0.05) is 24.3 Å². The summed E-state index contributed by atoms with van der Waals surface area (Å²) in [7, 11) is 0. The fourth-order valence-electron chi connectivity index (χ4n) is 2.85. The third-order valence-electron chi connectivity index (χ3n) is 4.49. The summed E-state index contributed by atoms with van der Waals surface area (Å²) in [5, 5.41) is 17.6. The highest BCUT2D eigenvalue weighted by atomic mass is 32.2. The smallest absolute Gasteiger partial charge is 0.347 e. The van der Waals surface area contributed by atoms with E-state index in [0.717, 1.165) is 28.7 Å². The number of carbonyl (C=O) groups is 1. The van der Waals surface area contributed by atoms with Gasteiger partial charge in [-0.15, -0.1) is 11.8 Å². The molecule has 27 heavy (non-hydrogen) atoms. The molecule has 2 N–H and O–H groups in total. The summed E-state index contributed by atoms with van der Waals surface area (Å²) in [6, 6.07) is 12.1. The standard InChI is InChI=1S/C22H27NO3S/c1-14-12-16(13-15(2)20(14)26-22(3,4)21(24)25)6-11-19(23)17-7-9-18(27-5)10-8-17/h7-10,12-13,23H,6,11H2,1-5H3,(H,24,25). The predicted octanol–water partition coefficient (Wildman–Crippen LogP) is 5.27. The molecule has 0 spiro atoms. The van der Waals surface area contributed by atoms with Crippen molar-refractivity contribution in [2.24, 2.45) is 0 Å². The Morgan fingerprint density at radius 3 is 2.19 bits per heavy atom. The van der Waals surface area contributed by atoms with Crippen LogP contribution in [0.1, 0.15) is 42.5 Å². The van der Waals surface area contributed by atoms with Crippen LogP contribution in [0.15, 0.2) is 41.3 Å². The minimum Gasteiger partial charge on any atom is -0.478 e. The molecule has 0 heterocycles. The summed E-state index contributed by atoms with van der Waals surface area (Å²) < 4.78 is 5.75. The second-order valence-corrected chi connectivity index (χ2v) is 8.06. The molecule has 0 saturated carbocycles. The van der Waals surface area contributed by atoms with Crippen molar-refractivity contribution in [3.63, 3.8) is 0 Å². The minimum absolute atomic E-state index is 0.616. The van der Waals surface area contributed by atoms with Crippen molar-refractivity contribution in [1.29, 1.82) is 5.41 Å². The molecule has 0 amide bonds. The van der Waals surface area contributed by atoms with Crippen molar-refractivity contribution in [1.82, 2.24) is 0 Å². The Morgan fingerprint density at radius 1 is 1.15 bits per heavy atom. The summed E-state index contributed by atoms with van der Waals surface area (Å²) in [5.74, 6) is -0.375. The lowest BCUT2D eigenvalue weighted by Gasteiger charge is -2.24. The summed E-state index contributed by atoms with van der Waals surface area (Å²) in [4.78, 5) is 12.5. The Hall–Kier alpha value is -2.27. The second kappa shape index (κ2) is 8.61. The van der Waals surface area contributed by atoms with E-state index in [2.05, 4.69) is 0 Å². The van der Waals surface area contributed by atoms with Crippen LogP contribution >= 0.6 is 11.8 Å². The van der Waals surface area contributed by atoms with Crippen molar-refractivity contribution in [3.05, 3.63) is 58.7 Å². The number of carboxylic acids is 1. The largest absolute Gasteiger partial charge is 0.478 e. The molecule has 2 rings (SSSR count). The van der Waals surface area contributed by atoms with Crippen LogP contribution in [0.5, 0.6) is 5.75 Å². The Bertz CT molecular complexity index is 818. The van der Waals surface area contributed by atoms with E-state index in [4.69, 9.17) is 10.1 Å². The highest BCUT2D eigenvalue weighted by Gasteiger charge is 2.30.